The maximum absolute atomic E-state index is 12.9. The molecule has 6 rings (SSSR count). The van der Waals surface area contributed by atoms with Crippen LogP contribution >= 0.6 is 11.6 Å². The molecular weight excluding hydrogens is 500 g/mol. The van der Waals surface area contributed by atoms with Crippen LogP contribution in [-0.2, 0) is 11.2 Å². The molecule has 2 fully saturated rings. The maximum atomic E-state index is 12.9. The van der Waals surface area contributed by atoms with Gasteiger partial charge in [0, 0.05) is 47.0 Å². The van der Waals surface area contributed by atoms with Gasteiger partial charge < -0.3 is 10.6 Å². The Labute approximate surface area is 225 Å². The van der Waals surface area contributed by atoms with Crippen molar-refractivity contribution in [2.75, 3.05) is 12.3 Å². The molecule has 2 N–H and O–H groups in total. The number of benzene rings is 1. The Kier molecular flexibility index (Phi) is 5.61. The number of nitrogens with two attached hydrogens (primary N) is 1. The lowest BCUT2D eigenvalue weighted by Gasteiger charge is -2.29. The molecule has 3 aromatic heterocycles. The molecule has 0 spiro atoms. The van der Waals surface area contributed by atoms with Crippen LogP contribution in [0.5, 0.6) is 0 Å². The number of hydrogen-bond acceptors (Lipinski definition) is 6. The second-order valence-electron chi connectivity index (χ2n) is 10.6. The van der Waals surface area contributed by atoms with E-state index in [0.717, 1.165) is 11.4 Å². The molecule has 0 radical (unpaired) electrons. The van der Waals surface area contributed by atoms with Crippen molar-refractivity contribution in [1.29, 1.82) is 0 Å². The zero-order valence-corrected chi connectivity index (χ0v) is 21.9. The SMILES string of the molecule is C=CC(=O)N1C[C@H]2[C@@H]([C@H]1c1nc(-c3ccc(C(=O)Cc4cc(Cl)ccn4)cc3)c3c(N)nccn13)C2(C)C. The number of aromatic nitrogens is 4. The molecule has 3 atom stereocenters. The van der Waals surface area contributed by atoms with E-state index < -0.39 is 0 Å². The normalized spacial score (nSPS) is 21.3. The molecule has 38 heavy (non-hydrogen) atoms. The largest absolute Gasteiger partial charge is 0.382 e. The van der Waals surface area contributed by atoms with Gasteiger partial charge in [0.1, 0.15) is 22.9 Å². The second kappa shape index (κ2) is 8.77. The number of nitrogens with zero attached hydrogens (tertiary/aromatic N) is 5. The minimum atomic E-state index is -0.199. The van der Waals surface area contributed by atoms with E-state index in [1.807, 2.05) is 27.6 Å². The van der Waals surface area contributed by atoms with Crippen molar-refractivity contribution in [1.82, 2.24) is 24.3 Å². The van der Waals surface area contributed by atoms with Crippen LogP contribution in [-0.4, -0.2) is 42.5 Å². The highest BCUT2D eigenvalue weighted by Gasteiger charge is 2.68. The van der Waals surface area contributed by atoms with Gasteiger partial charge in [0.25, 0.3) is 0 Å². The number of anilines is 1. The molecule has 8 nitrogen and oxygen atoms in total. The van der Waals surface area contributed by atoms with Crippen molar-refractivity contribution >= 4 is 34.6 Å². The highest BCUT2D eigenvalue weighted by Crippen LogP contribution is 2.69. The first-order chi connectivity index (χ1) is 18.2. The molecule has 1 saturated heterocycles. The van der Waals surface area contributed by atoms with Gasteiger partial charge in [0.05, 0.1) is 12.5 Å². The maximum Gasteiger partial charge on any atom is 0.246 e. The van der Waals surface area contributed by atoms with E-state index in [-0.39, 0.29) is 29.6 Å². The van der Waals surface area contributed by atoms with Crippen LogP contribution in [0.25, 0.3) is 16.8 Å². The van der Waals surface area contributed by atoms with Crippen LogP contribution in [0.2, 0.25) is 5.02 Å². The van der Waals surface area contributed by atoms with Crippen molar-refractivity contribution in [2.45, 2.75) is 26.3 Å². The van der Waals surface area contributed by atoms with Gasteiger partial charge in [-0.25, -0.2) is 9.97 Å². The van der Waals surface area contributed by atoms with Crippen molar-refractivity contribution in [2.24, 2.45) is 17.3 Å². The molecule has 1 aliphatic heterocycles. The fourth-order valence-corrected chi connectivity index (χ4v) is 6.23. The summed E-state index contributed by atoms with van der Waals surface area (Å²) in [6.45, 7) is 8.87. The lowest BCUT2D eigenvalue weighted by atomic mass is 10.0. The van der Waals surface area contributed by atoms with Gasteiger partial charge >= 0.3 is 0 Å². The van der Waals surface area contributed by atoms with Crippen LogP contribution in [0.1, 0.15) is 41.8 Å². The van der Waals surface area contributed by atoms with Crippen molar-refractivity contribution in [3.8, 4) is 11.3 Å². The quantitative estimate of drug-likeness (QED) is 0.286. The Morgan fingerprint density at radius 2 is 1.95 bits per heavy atom. The number of piperidine rings is 1. The number of carbonyl (C=O) groups excluding carboxylic acids is 2. The number of amides is 1. The zero-order chi connectivity index (χ0) is 26.8. The van der Waals surface area contributed by atoms with Gasteiger partial charge in [0.15, 0.2) is 5.78 Å². The molecule has 2 aliphatic rings. The van der Waals surface area contributed by atoms with E-state index in [9.17, 15) is 9.59 Å². The molecule has 1 saturated carbocycles. The lowest BCUT2D eigenvalue weighted by molar-refractivity contribution is -0.128. The van der Waals surface area contributed by atoms with Gasteiger partial charge in [-0.3, -0.25) is 19.0 Å². The summed E-state index contributed by atoms with van der Waals surface area (Å²) in [6, 6.07) is 10.5. The molecule has 4 aromatic rings. The Morgan fingerprint density at radius 1 is 1.18 bits per heavy atom. The van der Waals surface area contributed by atoms with Crippen LogP contribution < -0.4 is 5.73 Å². The predicted molar refractivity (Wildman–Crippen MR) is 146 cm³/mol. The van der Waals surface area contributed by atoms with Crippen molar-refractivity contribution in [3.63, 3.8) is 0 Å². The molecule has 1 aliphatic carbocycles. The number of halogens is 1. The van der Waals surface area contributed by atoms with E-state index in [4.69, 9.17) is 22.3 Å². The molecule has 192 valence electrons. The number of carbonyl (C=O) groups is 2. The fourth-order valence-electron chi connectivity index (χ4n) is 6.05. The number of pyridine rings is 1. The van der Waals surface area contributed by atoms with Crippen LogP contribution in [0.15, 0.2) is 67.6 Å². The topological polar surface area (TPSA) is 106 Å². The number of rotatable bonds is 6. The monoisotopic (exact) mass is 526 g/mol. The standard InChI is InChI=1S/C29H27ClN6O2/c1-4-22(38)36-15-20-23(29(20,2)3)25(36)28-34-24(26-27(31)33-11-12-35(26)28)17-7-5-16(6-8-17)21(37)14-19-13-18(30)9-10-32-19/h4-13,20,23,25H,1,14-15H2,2-3H3,(H2,31,33)/t20-,23-,25-/m0/s1. The molecule has 1 aromatic carbocycles. The first-order valence-corrected chi connectivity index (χ1v) is 12.9. The van der Waals surface area contributed by atoms with Crippen LogP contribution in [0, 0.1) is 17.3 Å². The Morgan fingerprint density at radius 3 is 2.66 bits per heavy atom. The van der Waals surface area contributed by atoms with Gasteiger partial charge in [-0.2, -0.15) is 0 Å². The van der Waals surface area contributed by atoms with E-state index >= 15 is 0 Å². The third-order valence-electron chi connectivity index (χ3n) is 8.14. The predicted octanol–water partition coefficient (Wildman–Crippen LogP) is 4.79. The van der Waals surface area contributed by atoms with Gasteiger partial charge in [0.2, 0.25) is 5.91 Å². The summed E-state index contributed by atoms with van der Waals surface area (Å²) in [4.78, 5) is 41.1. The number of imidazole rings is 1. The molecule has 9 heteroatoms. The summed E-state index contributed by atoms with van der Waals surface area (Å²) in [5, 5.41) is 0.545. The summed E-state index contributed by atoms with van der Waals surface area (Å²) >= 11 is 6.03. The number of nitrogen functional groups attached to an aromatic ring is 1. The van der Waals surface area contributed by atoms with Gasteiger partial charge in [-0.15, -0.1) is 0 Å². The van der Waals surface area contributed by atoms with Gasteiger partial charge in [-0.1, -0.05) is 56.3 Å². The molecule has 0 bridgehead atoms. The zero-order valence-electron chi connectivity index (χ0n) is 21.1. The summed E-state index contributed by atoms with van der Waals surface area (Å²) in [6.07, 6.45) is 6.60. The second-order valence-corrected chi connectivity index (χ2v) is 11.0. The highest BCUT2D eigenvalue weighted by atomic mass is 35.5. The number of fused-ring (bicyclic) bond motifs is 2. The lowest BCUT2D eigenvalue weighted by Crippen LogP contribution is -2.35. The Bertz CT molecular complexity index is 1610. The van der Waals surface area contributed by atoms with Crippen LogP contribution in [0.3, 0.4) is 0 Å². The summed E-state index contributed by atoms with van der Waals surface area (Å²) in [5.41, 5.74) is 9.80. The molecule has 4 heterocycles. The van der Waals surface area contributed by atoms with Crippen molar-refractivity contribution < 1.29 is 9.59 Å². The molecule has 0 unspecified atom stereocenters. The molecule has 1 amide bonds. The Balaban J connectivity index is 1.38. The number of hydrogen-bond donors (Lipinski definition) is 1. The third kappa shape index (κ3) is 3.79. The molecular formula is C29H27ClN6O2. The van der Waals surface area contributed by atoms with E-state index in [0.29, 0.717) is 51.7 Å². The van der Waals surface area contributed by atoms with E-state index in [1.165, 1.54) is 6.08 Å². The smallest absolute Gasteiger partial charge is 0.246 e. The average molecular weight is 527 g/mol. The van der Waals surface area contributed by atoms with Crippen molar-refractivity contribution in [3.05, 3.63) is 89.7 Å². The fraction of sp³-hybridized carbons (Fsp3) is 0.276. The number of ketones is 1. The van der Waals surface area contributed by atoms with Crippen LogP contribution in [0.4, 0.5) is 5.82 Å². The minimum Gasteiger partial charge on any atom is -0.382 e. The van der Waals surface area contributed by atoms with E-state index in [2.05, 4.69) is 30.4 Å². The summed E-state index contributed by atoms with van der Waals surface area (Å²) in [5.74, 6) is 1.64. The number of Topliss-reactive ketones (excluding diaryl/α,β-unsaturated/α-hetero) is 1. The summed E-state index contributed by atoms with van der Waals surface area (Å²) in [7, 11) is 0. The van der Waals surface area contributed by atoms with E-state index in [1.54, 1.807) is 36.7 Å². The average Bonchev–Trinajstić information content (AvgIpc) is 3.24. The first-order valence-electron chi connectivity index (χ1n) is 12.5. The Hall–Kier alpha value is -4.04. The van der Waals surface area contributed by atoms with Gasteiger partial charge in [-0.05, 0) is 35.5 Å². The highest BCUT2D eigenvalue weighted by molar-refractivity contribution is 6.30. The summed E-state index contributed by atoms with van der Waals surface area (Å²) < 4.78 is 1.95. The number of likely N-dealkylation sites (tertiary alicyclic amines) is 1. The third-order valence-corrected chi connectivity index (χ3v) is 8.38. The first kappa shape index (κ1) is 24.3. The minimum absolute atomic E-state index is 0.0607.